The Kier molecular flexibility index (Phi) is 7.50. The number of ether oxygens (including phenoxy) is 2. The van der Waals surface area contributed by atoms with Crippen molar-refractivity contribution in [3.8, 4) is 22.8 Å². The lowest BCUT2D eigenvalue weighted by atomic mass is 10.1. The topological polar surface area (TPSA) is 73.3 Å². The van der Waals surface area contributed by atoms with E-state index < -0.39 is 11.9 Å². The normalized spacial score (nSPS) is 11.2. The molecule has 28 heavy (non-hydrogen) atoms. The fourth-order valence-corrected chi connectivity index (χ4v) is 2.91. The highest BCUT2D eigenvalue weighted by atomic mass is 32.2. The molecule has 0 fully saturated rings. The van der Waals surface area contributed by atoms with Crippen LogP contribution in [0.5, 0.6) is 11.5 Å². The number of hydrogen-bond donors (Lipinski definition) is 1. The number of benzene rings is 1. The molecule has 1 aromatic carbocycles. The average molecular weight is 415 g/mol. The fourth-order valence-electron chi connectivity index (χ4n) is 2.22. The number of nitrogens with one attached hydrogen (secondary N) is 1. The summed E-state index contributed by atoms with van der Waals surface area (Å²) in [6.07, 6.45) is -3.88. The van der Waals surface area contributed by atoms with Crippen molar-refractivity contribution in [3.63, 3.8) is 0 Å². The lowest BCUT2D eigenvalue weighted by molar-refractivity contribution is -0.141. The van der Waals surface area contributed by atoms with Crippen LogP contribution in [0.1, 0.15) is 19.0 Å². The molecule has 0 radical (unpaired) electrons. The number of nitrogens with zero attached hydrogens (tertiary/aromatic N) is 2. The highest BCUT2D eigenvalue weighted by Crippen LogP contribution is 2.35. The van der Waals surface area contributed by atoms with Crippen molar-refractivity contribution < 1.29 is 27.4 Å². The molecule has 1 N–H and O–H groups in total. The van der Waals surface area contributed by atoms with Gasteiger partial charge in [-0.25, -0.2) is 9.97 Å². The van der Waals surface area contributed by atoms with Crippen molar-refractivity contribution >= 4 is 17.7 Å². The van der Waals surface area contributed by atoms with Crippen LogP contribution < -0.4 is 14.8 Å². The summed E-state index contributed by atoms with van der Waals surface area (Å²) in [5, 5.41) is 2.52. The first-order chi connectivity index (χ1) is 13.3. The molecule has 0 atom stereocenters. The summed E-state index contributed by atoms with van der Waals surface area (Å²) >= 11 is 0.845. The lowest BCUT2D eigenvalue weighted by Crippen LogP contribution is -2.25. The Balaban J connectivity index is 2.37. The van der Waals surface area contributed by atoms with Crippen molar-refractivity contribution in [1.82, 2.24) is 15.3 Å². The zero-order chi connectivity index (χ0) is 20.7. The monoisotopic (exact) mass is 415 g/mol. The maximum Gasteiger partial charge on any atom is 0.433 e. The summed E-state index contributed by atoms with van der Waals surface area (Å²) < 4.78 is 50.1. The molecule has 6 nitrogen and oxygen atoms in total. The van der Waals surface area contributed by atoms with Crippen molar-refractivity contribution in [2.45, 2.75) is 24.7 Å². The van der Waals surface area contributed by atoms with Crippen LogP contribution in [0, 0.1) is 0 Å². The van der Waals surface area contributed by atoms with Gasteiger partial charge in [-0.2, -0.15) is 13.2 Å². The van der Waals surface area contributed by atoms with Crippen LogP contribution in [0.4, 0.5) is 13.2 Å². The number of methoxy groups -OCH3 is 2. The van der Waals surface area contributed by atoms with E-state index in [9.17, 15) is 18.0 Å². The van der Waals surface area contributed by atoms with E-state index in [2.05, 4.69) is 15.3 Å². The van der Waals surface area contributed by atoms with Gasteiger partial charge in [0.2, 0.25) is 5.91 Å². The molecule has 2 rings (SSSR count). The Morgan fingerprint density at radius 1 is 1.14 bits per heavy atom. The largest absolute Gasteiger partial charge is 0.493 e. The smallest absolute Gasteiger partial charge is 0.433 e. The molecule has 0 aliphatic carbocycles. The van der Waals surface area contributed by atoms with Gasteiger partial charge in [0.1, 0.15) is 5.69 Å². The molecule has 0 unspecified atom stereocenters. The zero-order valence-corrected chi connectivity index (χ0v) is 16.4. The Labute approximate surface area is 164 Å². The Morgan fingerprint density at radius 3 is 2.46 bits per heavy atom. The minimum Gasteiger partial charge on any atom is -0.493 e. The van der Waals surface area contributed by atoms with Crippen LogP contribution in [0.25, 0.3) is 11.3 Å². The van der Waals surface area contributed by atoms with Gasteiger partial charge in [-0.05, 0) is 30.7 Å². The standard InChI is InChI=1S/C18H20F3N3O3S/c1-4-7-22-16(25)10-28-17-23-12(9-15(24-17)18(19,20)21)11-5-6-13(26-2)14(8-11)27-3/h5-6,8-9H,4,7,10H2,1-3H3,(H,22,25). The van der Waals surface area contributed by atoms with Crippen molar-refractivity contribution in [2.75, 3.05) is 26.5 Å². The number of halogens is 3. The number of hydrogen-bond acceptors (Lipinski definition) is 6. The number of alkyl halides is 3. The molecule has 0 saturated heterocycles. The van der Waals surface area contributed by atoms with Gasteiger partial charge in [-0.1, -0.05) is 18.7 Å². The summed E-state index contributed by atoms with van der Waals surface area (Å²) in [7, 11) is 2.89. The van der Waals surface area contributed by atoms with Crippen LogP contribution in [-0.4, -0.2) is 42.4 Å². The van der Waals surface area contributed by atoms with E-state index in [1.165, 1.54) is 20.3 Å². The number of amides is 1. The van der Waals surface area contributed by atoms with E-state index in [-0.39, 0.29) is 22.5 Å². The molecule has 0 bridgehead atoms. The van der Waals surface area contributed by atoms with Crippen LogP contribution in [0.3, 0.4) is 0 Å². The van der Waals surface area contributed by atoms with Gasteiger partial charge in [0.25, 0.3) is 0 Å². The van der Waals surface area contributed by atoms with Gasteiger partial charge in [0, 0.05) is 12.1 Å². The first-order valence-electron chi connectivity index (χ1n) is 8.36. The SMILES string of the molecule is CCCNC(=O)CSc1nc(-c2ccc(OC)c(OC)c2)cc(C(F)(F)F)n1. The lowest BCUT2D eigenvalue weighted by Gasteiger charge is -2.12. The van der Waals surface area contributed by atoms with Gasteiger partial charge in [-0.3, -0.25) is 4.79 Å². The molecule has 0 aliphatic rings. The molecule has 1 amide bonds. The first-order valence-corrected chi connectivity index (χ1v) is 9.35. The molecule has 0 saturated carbocycles. The predicted molar refractivity (Wildman–Crippen MR) is 99.6 cm³/mol. The van der Waals surface area contributed by atoms with Gasteiger partial charge >= 0.3 is 6.18 Å². The highest BCUT2D eigenvalue weighted by molar-refractivity contribution is 7.99. The zero-order valence-electron chi connectivity index (χ0n) is 15.6. The second-order valence-corrected chi connectivity index (χ2v) is 6.57. The maximum absolute atomic E-state index is 13.3. The molecule has 152 valence electrons. The third kappa shape index (κ3) is 5.75. The predicted octanol–water partition coefficient (Wildman–Crippen LogP) is 3.80. The van der Waals surface area contributed by atoms with Crippen LogP contribution in [0.2, 0.25) is 0 Å². The summed E-state index contributed by atoms with van der Waals surface area (Å²) in [5.41, 5.74) is -0.605. The van der Waals surface area contributed by atoms with Crippen molar-refractivity contribution in [1.29, 1.82) is 0 Å². The fraction of sp³-hybridized carbons (Fsp3) is 0.389. The van der Waals surface area contributed by atoms with Crippen molar-refractivity contribution in [2.24, 2.45) is 0 Å². The summed E-state index contributed by atoms with van der Waals surface area (Å²) in [6, 6.07) is 5.55. The van der Waals surface area contributed by atoms with E-state index in [0.29, 0.717) is 23.6 Å². The van der Waals surface area contributed by atoms with Gasteiger partial charge in [0.15, 0.2) is 16.7 Å². The van der Waals surface area contributed by atoms with Gasteiger partial charge < -0.3 is 14.8 Å². The average Bonchev–Trinajstić information content (AvgIpc) is 2.69. The number of carbonyl (C=O) groups is 1. The summed E-state index contributed by atoms with van der Waals surface area (Å²) in [5.74, 6) is 0.437. The number of thioether (sulfide) groups is 1. The molecule has 1 aromatic heterocycles. The van der Waals surface area contributed by atoms with Crippen LogP contribution in [0.15, 0.2) is 29.4 Å². The molecule has 0 aliphatic heterocycles. The minimum absolute atomic E-state index is 0.0692. The summed E-state index contributed by atoms with van der Waals surface area (Å²) in [4.78, 5) is 19.5. The van der Waals surface area contributed by atoms with E-state index in [4.69, 9.17) is 9.47 Å². The minimum atomic E-state index is -4.64. The Morgan fingerprint density at radius 2 is 1.86 bits per heavy atom. The third-order valence-corrected chi connectivity index (χ3v) is 4.43. The molecule has 0 spiro atoms. The number of rotatable bonds is 8. The van der Waals surface area contributed by atoms with Gasteiger partial charge in [-0.15, -0.1) is 0 Å². The van der Waals surface area contributed by atoms with E-state index >= 15 is 0 Å². The molecule has 1 heterocycles. The summed E-state index contributed by atoms with van der Waals surface area (Å²) in [6.45, 7) is 2.40. The first kappa shape index (κ1) is 21.8. The molecule has 2 aromatic rings. The molecule has 10 heteroatoms. The Bertz CT molecular complexity index is 831. The quantitative estimate of drug-likeness (QED) is 0.522. The van der Waals surface area contributed by atoms with Gasteiger partial charge in [0.05, 0.1) is 25.7 Å². The second kappa shape index (κ2) is 9.63. The van der Waals surface area contributed by atoms with E-state index in [0.717, 1.165) is 24.2 Å². The molecular weight excluding hydrogens is 395 g/mol. The number of aromatic nitrogens is 2. The van der Waals surface area contributed by atoms with Crippen LogP contribution in [-0.2, 0) is 11.0 Å². The third-order valence-electron chi connectivity index (χ3n) is 3.58. The van der Waals surface area contributed by atoms with E-state index in [1.807, 2.05) is 6.92 Å². The van der Waals surface area contributed by atoms with Crippen LogP contribution >= 0.6 is 11.8 Å². The molecular formula is C18H20F3N3O3S. The maximum atomic E-state index is 13.3. The second-order valence-electron chi connectivity index (χ2n) is 5.63. The van der Waals surface area contributed by atoms with Crippen molar-refractivity contribution in [3.05, 3.63) is 30.0 Å². The highest BCUT2D eigenvalue weighted by Gasteiger charge is 2.34. The number of carbonyl (C=O) groups excluding carboxylic acids is 1. The van der Waals surface area contributed by atoms with E-state index in [1.54, 1.807) is 12.1 Å². The Hall–Kier alpha value is -2.49.